The van der Waals surface area contributed by atoms with Crippen LogP contribution in [0.3, 0.4) is 0 Å². The number of rotatable bonds is 3. The Balaban J connectivity index is 1.43. The second-order valence-electron chi connectivity index (χ2n) is 6.76. The largest absolute Gasteiger partial charge is 0.365 e. The van der Waals surface area contributed by atoms with Crippen molar-refractivity contribution in [1.29, 1.82) is 0 Å². The van der Waals surface area contributed by atoms with Gasteiger partial charge in [0.2, 0.25) is 5.13 Å². The van der Waals surface area contributed by atoms with Crippen LogP contribution >= 0.6 is 22.7 Å². The molecule has 4 rings (SSSR count). The normalized spacial score (nSPS) is 20.8. The van der Waals surface area contributed by atoms with Gasteiger partial charge in [-0.1, -0.05) is 25.2 Å². The molecule has 8 heteroatoms. The molecule has 4 heterocycles. The molecular formula is C17H22N4O2S2. The van der Waals surface area contributed by atoms with Gasteiger partial charge in [0, 0.05) is 30.4 Å². The Labute approximate surface area is 155 Å². The molecule has 2 aliphatic heterocycles. The highest BCUT2D eigenvalue weighted by atomic mass is 32.1. The van der Waals surface area contributed by atoms with Gasteiger partial charge in [-0.15, -0.1) is 21.5 Å². The van der Waals surface area contributed by atoms with Gasteiger partial charge < -0.3 is 14.5 Å². The van der Waals surface area contributed by atoms with E-state index in [2.05, 4.69) is 40.4 Å². The van der Waals surface area contributed by atoms with E-state index in [4.69, 9.17) is 4.74 Å². The van der Waals surface area contributed by atoms with Crippen molar-refractivity contribution in [3.8, 4) is 0 Å². The number of morpholine rings is 1. The number of hydrogen-bond acceptors (Lipinski definition) is 7. The predicted octanol–water partition coefficient (Wildman–Crippen LogP) is 2.51. The van der Waals surface area contributed by atoms with E-state index < -0.39 is 6.10 Å². The third-order valence-electron chi connectivity index (χ3n) is 4.66. The average Bonchev–Trinajstić information content (AvgIpc) is 3.30. The van der Waals surface area contributed by atoms with Crippen LogP contribution in [0.1, 0.15) is 35.2 Å². The molecule has 0 aliphatic carbocycles. The van der Waals surface area contributed by atoms with Gasteiger partial charge in [0.15, 0.2) is 6.10 Å². The minimum atomic E-state index is -0.416. The minimum absolute atomic E-state index is 0.0927. The van der Waals surface area contributed by atoms with Gasteiger partial charge >= 0.3 is 0 Å². The number of carbonyl (C=O) groups is 1. The topological polar surface area (TPSA) is 58.6 Å². The summed E-state index contributed by atoms with van der Waals surface area (Å²) in [4.78, 5) is 18.4. The average molecular weight is 379 g/mol. The van der Waals surface area contributed by atoms with Gasteiger partial charge in [-0.3, -0.25) is 4.79 Å². The third-order valence-corrected chi connectivity index (χ3v) is 6.96. The van der Waals surface area contributed by atoms with Crippen LogP contribution in [0.15, 0.2) is 11.4 Å². The van der Waals surface area contributed by atoms with Gasteiger partial charge in [0.25, 0.3) is 5.91 Å². The van der Waals surface area contributed by atoms with Gasteiger partial charge in [-0.2, -0.15) is 0 Å². The molecule has 0 spiro atoms. The van der Waals surface area contributed by atoms with Crippen LogP contribution in [0, 0.1) is 0 Å². The van der Waals surface area contributed by atoms with E-state index >= 15 is 0 Å². The zero-order chi connectivity index (χ0) is 17.4. The summed E-state index contributed by atoms with van der Waals surface area (Å²) in [5.41, 5.74) is 1.28. The Morgan fingerprint density at radius 3 is 3.04 bits per heavy atom. The molecule has 1 saturated heterocycles. The van der Waals surface area contributed by atoms with Gasteiger partial charge in [-0.05, 0) is 23.4 Å². The Kier molecular flexibility index (Phi) is 4.75. The highest BCUT2D eigenvalue weighted by Crippen LogP contribution is 2.28. The van der Waals surface area contributed by atoms with E-state index in [1.807, 2.05) is 4.90 Å². The van der Waals surface area contributed by atoms with E-state index in [1.165, 1.54) is 10.4 Å². The number of aromatic nitrogens is 2. The van der Waals surface area contributed by atoms with E-state index in [-0.39, 0.29) is 5.91 Å². The van der Waals surface area contributed by atoms with Gasteiger partial charge in [0.1, 0.15) is 5.01 Å². The maximum atomic E-state index is 12.9. The number of thiophene rings is 1. The van der Waals surface area contributed by atoms with E-state index in [0.717, 1.165) is 29.6 Å². The van der Waals surface area contributed by atoms with Crippen LogP contribution in [0.4, 0.5) is 5.13 Å². The van der Waals surface area contributed by atoms with Crippen LogP contribution in [0.25, 0.3) is 0 Å². The quantitative estimate of drug-likeness (QED) is 0.821. The number of carbonyl (C=O) groups excluding carboxylic acids is 1. The number of ether oxygens (including phenoxy) is 1. The van der Waals surface area contributed by atoms with Crippen LogP contribution in [0.5, 0.6) is 0 Å². The summed E-state index contributed by atoms with van der Waals surface area (Å²) in [5.74, 6) is 0.466. The maximum absolute atomic E-state index is 12.9. The summed E-state index contributed by atoms with van der Waals surface area (Å²) >= 11 is 3.40. The van der Waals surface area contributed by atoms with Gasteiger partial charge in [0.05, 0.1) is 13.2 Å². The van der Waals surface area contributed by atoms with E-state index in [0.29, 0.717) is 25.6 Å². The first-order valence-electron chi connectivity index (χ1n) is 8.66. The number of nitrogens with zero attached hydrogens (tertiary/aromatic N) is 4. The van der Waals surface area contributed by atoms with Crippen LogP contribution in [0.2, 0.25) is 0 Å². The van der Waals surface area contributed by atoms with Crippen molar-refractivity contribution in [3.05, 3.63) is 26.9 Å². The predicted molar refractivity (Wildman–Crippen MR) is 99.4 cm³/mol. The van der Waals surface area contributed by atoms with E-state index in [1.54, 1.807) is 22.7 Å². The SMILES string of the molecule is CC(C)c1nnc(N2CCOC(C(=O)N3CCc4sccc4C3)C2)s1. The highest BCUT2D eigenvalue weighted by molar-refractivity contribution is 7.15. The fourth-order valence-electron chi connectivity index (χ4n) is 3.20. The number of anilines is 1. The van der Waals surface area contributed by atoms with Crippen molar-refractivity contribution in [2.75, 3.05) is 31.1 Å². The number of fused-ring (bicyclic) bond motifs is 1. The summed E-state index contributed by atoms with van der Waals surface area (Å²) in [6.07, 6.45) is 0.531. The van der Waals surface area contributed by atoms with Crippen molar-refractivity contribution in [1.82, 2.24) is 15.1 Å². The first kappa shape index (κ1) is 16.9. The fourth-order valence-corrected chi connectivity index (χ4v) is 4.97. The molecule has 0 radical (unpaired) electrons. The third kappa shape index (κ3) is 3.43. The molecule has 134 valence electrons. The maximum Gasteiger partial charge on any atom is 0.253 e. The van der Waals surface area contributed by atoms with Crippen LogP contribution in [-0.2, 0) is 22.5 Å². The van der Waals surface area contributed by atoms with Crippen molar-refractivity contribution in [2.24, 2.45) is 0 Å². The molecule has 6 nitrogen and oxygen atoms in total. The molecule has 1 fully saturated rings. The Morgan fingerprint density at radius 2 is 2.24 bits per heavy atom. The molecule has 2 aromatic heterocycles. The molecule has 0 bridgehead atoms. The summed E-state index contributed by atoms with van der Waals surface area (Å²) in [5, 5.41) is 12.6. The standard InChI is InChI=1S/C17H22N4O2S2/c1-11(2)15-18-19-17(25-15)21-6-7-23-13(10-21)16(22)20-5-3-14-12(9-20)4-8-24-14/h4,8,11,13H,3,5-7,9-10H2,1-2H3. The fraction of sp³-hybridized carbons (Fsp3) is 0.588. The lowest BCUT2D eigenvalue weighted by Gasteiger charge is -2.35. The molecule has 25 heavy (non-hydrogen) atoms. The van der Waals surface area contributed by atoms with Crippen molar-refractivity contribution < 1.29 is 9.53 Å². The molecule has 1 atom stereocenters. The lowest BCUT2D eigenvalue weighted by atomic mass is 10.1. The van der Waals surface area contributed by atoms with E-state index in [9.17, 15) is 4.79 Å². The van der Waals surface area contributed by atoms with Crippen LogP contribution < -0.4 is 4.90 Å². The molecular weight excluding hydrogens is 356 g/mol. The lowest BCUT2D eigenvalue weighted by molar-refractivity contribution is -0.145. The second kappa shape index (κ2) is 7.01. The van der Waals surface area contributed by atoms with Crippen molar-refractivity contribution in [2.45, 2.75) is 38.8 Å². The highest BCUT2D eigenvalue weighted by Gasteiger charge is 2.33. The summed E-state index contributed by atoms with van der Waals surface area (Å²) < 4.78 is 5.79. The minimum Gasteiger partial charge on any atom is -0.365 e. The number of amides is 1. The molecule has 0 aromatic carbocycles. The zero-order valence-electron chi connectivity index (χ0n) is 14.5. The summed E-state index contributed by atoms with van der Waals surface area (Å²) in [6.45, 7) is 7.57. The lowest BCUT2D eigenvalue weighted by Crippen LogP contribution is -2.52. The molecule has 2 aliphatic rings. The summed E-state index contributed by atoms with van der Waals surface area (Å²) in [6, 6.07) is 2.13. The second-order valence-corrected chi connectivity index (χ2v) is 8.75. The molecule has 0 N–H and O–H groups in total. The Bertz CT molecular complexity index is 757. The molecule has 1 amide bonds. The summed E-state index contributed by atoms with van der Waals surface area (Å²) in [7, 11) is 0. The molecule has 0 saturated carbocycles. The van der Waals surface area contributed by atoms with Crippen LogP contribution in [-0.4, -0.2) is 53.3 Å². The van der Waals surface area contributed by atoms with Crippen molar-refractivity contribution >= 4 is 33.7 Å². The van der Waals surface area contributed by atoms with Gasteiger partial charge in [-0.25, -0.2) is 0 Å². The first-order valence-corrected chi connectivity index (χ1v) is 10.4. The molecule has 2 aromatic rings. The smallest absolute Gasteiger partial charge is 0.253 e. The Morgan fingerprint density at radius 1 is 1.36 bits per heavy atom. The molecule has 1 unspecified atom stereocenters. The van der Waals surface area contributed by atoms with Crippen molar-refractivity contribution in [3.63, 3.8) is 0 Å². The monoisotopic (exact) mass is 378 g/mol. The Hall–Kier alpha value is -1.51. The number of hydrogen-bond donors (Lipinski definition) is 0. The first-order chi connectivity index (χ1) is 12.1. The zero-order valence-corrected chi connectivity index (χ0v) is 16.1.